The predicted molar refractivity (Wildman–Crippen MR) is 103 cm³/mol. The van der Waals surface area contributed by atoms with Gasteiger partial charge in [0.25, 0.3) is 0 Å². The number of hydrogen-bond acceptors (Lipinski definition) is 3. The standard InChI is InChI=1S/C20H30ClN3O/c1-4-17-12-24-18(10-22-17)13-23(11-14(2)3)20(25)19(24)9-15-5-7-16(21)8-6-15/h5-8,14,17-19,22H,4,9-13H2,1-3H3/t17-,18+,19-/m1/s1. The fourth-order valence-electron chi connectivity index (χ4n) is 4.06. The van der Waals surface area contributed by atoms with Gasteiger partial charge in [-0.15, -0.1) is 0 Å². The maximum Gasteiger partial charge on any atom is 0.240 e. The van der Waals surface area contributed by atoms with Crippen molar-refractivity contribution in [1.29, 1.82) is 0 Å². The lowest BCUT2D eigenvalue weighted by atomic mass is 9.94. The summed E-state index contributed by atoms with van der Waals surface area (Å²) in [5, 5.41) is 4.39. The monoisotopic (exact) mass is 363 g/mol. The molecule has 1 amide bonds. The van der Waals surface area contributed by atoms with Gasteiger partial charge < -0.3 is 10.2 Å². The van der Waals surface area contributed by atoms with Crippen LogP contribution in [0.4, 0.5) is 0 Å². The summed E-state index contributed by atoms with van der Waals surface area (Å²) in [6, 6.07) is 8.76. The zero-order valence-corrected chi connectivity index (χ0v) is 16.3. The second-order valence-electron chi connectivity index (χ2n) is 7.85. The van der Waals surface area contributed by atoms with E-state index in [9.17, 15) is 4.79 Å². The minimum absolute atomic E-state index is 0.0603. The lowest BCUT2D eigenvalue weighted by molar-refractivity contribution is -0.147. The summed E-state index contributed by atoms with van der Waals surface area (Å²) in [4.78, 5) is 17.8. The molecule has 1 N–H and O–H groups in total. The largest absolute Gasteiger partial charge is 0.339 e. The molecule has 0 radical (unpaired) electrons. The highest BCUT2D eigenvalue weighted by molar-refractivity contribution is 6.30. The minimum atomic E-state index is -0.0603. The molecule has 1 aromatic carbocycles. The van der Waals surface area contributed by atoms with E-state index in [-0.39, 0.29) is 11.9 Å². The molecule has 3 rings (SSSR count). The molecule has 2 aliphatic rings. The fourth-order valence-corrected chi connectivity index (χ4v) is 4.19. The molecular weight excluding hydrogens is 334 g/mol. The molecule has 4 nitrogen and oxygen atoms in total. The van der Waals surface area contributed by atoms with Crippen LogP contribution >= 0.6 is 11.6 Å². The van der Waals surface area contributed by atoms with Crippen molar-refractivity contribution >= 4 is 17.5 Å². The van der Waals surface area contributed by atoms with E-state index in [2.05, 4.69) is 35.9 Å². The molecule has 2 fully saturated rings. The van der Waals surface area contributed by atoms with Crippen LogP contribution in [0.3, 0.4) is 0 Å². The molecule has 25 heavy (non-hydrogen) atoms. The summed E-state index contributed by atoms with van der Waals surface area (Å²) < 4.78 is 0. The van der Waals surface area contributed by atoms with Gasteiger partial charge in [-0.2, -0.15) is 0 Å². The van der Waals surface area contributed by atoms with Gasteiger partial charge in [-0.3, -0.25) is 9.69 Å². The first-order valence-electron chi connectivity index (χ1n) is 9.50. The Balaban J connectivity index is 1.82. The Morgan fingerprint density at radius 3 is 2.60 bits per heavy atom. The van der Waals surface area contributed by atoms with Crippen LogP contribution in [0.2, 0.25) is 5.02 Å². The molecule has 0 saturated carbocycles. The van der Waals surface area contributed by atoms with E-state index in [1.54, 1.807) is 0 Å². The molecule has 0 unspecified atom stereocenters. The Morgan fingerprint density at radius 1 is 1.24 bits per heavy atom. The van der Waals surface area contributed by atoms with Crippen LogP contribution in [-0.2, 0) is 11.2 Å². The van der Waals surface area contributed by atoms with Crippen LogP contribution in [0.15, 0.2) is 24.3 Å². The lowest BCUT2D eigenvalue weighted by Crippen LogP contribution is -2.70. The van der Waals surface area contributed by atoms with Crippen molar-refractivity contribution in [1.82, 2.24) is 15.1 Å². The average molecular weight is 364 g/mol. The van der Waals surface area contributed by atoms with Crippen molar-refractivity contribution in [2.75, 3.05) is 26.2 Å². The van der Waals surface area contributed by atoms with E-state index in [4.69, 9.17) is 11.6 Å². The minimum Gasteiger partial charge on any atom is -0.339 e. The van der Waals surface area contributed by atoms with Gasteiger partial charge in [0.05, 0.1) is 6.04 Å². The Morgan fingerprint density at radius 2 is 1.96 bits per heavy atom. The van der Waals surface area contributed by atoms with E-state index >= 15 is 0 Å². The third kappa shape index (κ3) is 4.36. The summed E-state index contributed by atoms with van der Waals surface area (Å²) in [5.74, 6) is 0.781. The van der Waals surface area contributed by atoms with E-state index in [0.29, 0.717) is 18.0 Å². The molecular formula is C20H30ClN3O. The van der Waals surface area contributed by atoms with Crippen molar-refractivity contribution in [2.24, 2.45) is 5.92 Å². The van der Waals surface area contributed by atoms with Crippen LogP contribution in [0, 0.1) is 5.92 Å². The number of nitrogens with zero attached hydrogens (tertiary/aromatic N) is 2. The normalized spacial score (nSPS) is 27.6. The van der Waals surface area contributed by atoms with Crippen molar-refractivity contribution in [3.8, 4) is 0 Å². The van der Waals surface area contributed by atoms with Gasteiger partial charge in [0.2, 0.25) is 5.91 Å². The van der Waals surface area contributed by atoms with Crippen molar-refractivity contribution in [3.05, 3.63) is 34.9 Å². The average Bonchev–Trinajstić information content (AvgIpc) is 2.59. The topological polar surface area (TPSA) is 35.6 Å². The molecule has 2 aliphatic heterocycles. The second-order valence-corrected chi connectivity index (χ2v) is 8.28. The lowest BCUT2D eigenvalue weighted by Gasteiger charge is -2.50. The summed E-state index contributed by atoms with van der Waals surface area (Å²) in [6.07, 6.45) is 1.86. The number of rotatable bonds is 5. The molecule has 1 aromatic rings. The van der Waals surface area contributed by atoms with E-state index < -0.39 is 0 Å². The third-order valence-corrected chi connectivity index (χ3v) is 5.64. The number of amides is 1. The van der Waals surface area contributed by atoms with E-state index in [1.165, 1.54) is 5.56 Å². The quantitative estimate of drug-likeness (QED) is 0.873. The SMILES string of the molecule is CC[C@@H]1CN2[C@@H](CN1)CN(CC(C)C)C(=O)[C@H]2Cc1ccc(Cl)cc1. The Hall–Kier alpha value is -1.10. The van der Waals surface area contributed by atoms with Crippen molar-refractivity contribution in [3.63, 3.8) is 0 Å². The molecule has 3 atom stereocenters. The second kappa shape index (κ2) is 8.07. The van der Waals surface area contributed by atoms with Gasteiger partial charge in [0.15, 0.2) is 0 Å². The van der Waals surface area contributed by atoms with Crippen LogP contribution in [-0.4, -0.2) is 60.0 Å². The first-order valence-corrected chi connectivity index (χ1v) is 9.88. The maximum absolute atomic E-state index is 13.2. The van der Waals surface area contributed by atoms with Crippen LogP contribution in [0.25, 0.3) is 0 Å². The predicted octanol–water partition coefficient (Wildman–Crippen LogP) is 2.80. The fraction of sp³-hybridized carbons (Fsp3) is 0.650. The summed E-state index contributed by atoms with van der Waals surface area (Å²) in [7, 11) is 0. The van der Waals surface area contributed by atoms with Gasteiger partial charge in [-0.1, -0.05) is 44.5 Å². The highest BCUT2D eigenvalue weighted by Crippen LogP contribution is 2.25. The Labute approximate surface area is 156 Å². The maximum atomic E-state index is 13.2. The number of benzene rings is 1. The van der Waals surface area contributed by atoms with Gasteiger partial charge in [-0.05, 0) is 36.5 Å². The van der Waals surface area contributed by atoms with E-state index in [0.717, 1.165) is 44.0 Å². The third-order valence-electron chi connectivity index (χ3n) is 5.39. The number of halogens is 1. The highest BCUT2D eigenvalue weighted by Gasteiger charge is 2.43. The summed E-state index contributed by atoms with van der Waals surface area (Å²) in [6.45, 7) is 10.2. The molecule has 0 bridgehead atoms. The van der Waals surface area contributed by atoms with Crippen LogP contribution in [0.5, 0.6) is 0 Å². The number of fused-ring (bicyclic) bond motifs is 1. The molecule has 138 valence electrons. The first kappa shape index (κ1) is 18.7. The molecule has 0 aliphatic carbocycles. The van der Waals surface area contributed by atoms with E-state index in [1.807, 2.05) is 24.3 Å². The number of carbonyl (C=O) groups excluding carboxylic acids is 1. The van der Waals surface area contributed by atoms with Crippen LogP contribution < -0.4 is 5.32 Å². The van der Waals surface area contributed by atoms with Gasteiger partial charge >= 0.3 is 0 Å². The first-order chi connectivity index (χ1) is 12.0. The smallest absolute Gasteiger partial charge is 0.240 e. The number of carbonyl (C=O) groups is 1. The van der Waals surface area contributed by atoms with Gasteiger partial charge in [-0.25, -0.2) is 0 Å². The van der Waals surface area contributed by atoms with Gasteiger partial charge in [0, 0.05) is 43.3 Å². The van der Waals surface area contributed by atoms with Gasteiger partial charge in [0.1, 0.15) is 0 Å². The summed E-state index contributed by atoms with van der Waals surface area (Å²) in [5.41, 5.74) is 1.18. The molecule has 2 saturated heterocycles. The molecule has 0 aromatic heterocycles. The Kier molecular flexibility index (Phi) is 6.03. The van der Waals surface area contributed by atoms with Crippen molar-refractivity contribution < 1.29 is 4.79 Å². The summed E-state index contributed by atoms with van der Waals surface area (Å²) >= 11 is 6.02. The zero-order valence-electron chi connectivity index (χ0n) is 15.5. The zero-order chi connectivity index (χ0) is 18.0. The van der Waals surface area contributed by atoms with Crippen molar-refractivity contribution in [2.45, 2.75) is 51.7 Å². The number of hydrogen-bond donors (Lipinski definition) is 1. The molecule has 5 heteroatoms. The number of piperazine rings is 2. The molecule has 0 spiro atoms. The highest BCUT2D eigenvalue weighted by atomic mass is 35.5. The number of nitrogens with one attached hydrogen (secondary N) is 1. The van der Waals surface area contributed by atoms with Crippen LogP contribution in [0.1, 0.15) is 32.8 Å². The molecule has 2 heterocycles. The Bertz CT molecular complexity index is 589.